The van der Waals surface area contributed by atoms with Crippen molar-refractivity contribution in [3.05, 3.63) is 59.2 Å². The second kappa shape index (κ2) is 5.67. The van der Waals surface area contributed by atoms with Gasteiger partial charge in [0.2, 0.25) is 0 Å². The Bertz CT molecular complexity index is 781. The molecule has 5 nitrogen and oxygen atoms in total. The second-order valence-electron chi connectivity index (χ2n) is 5.99. The Kier molecular flexibility index (Phi) is 3.49. The molecule has 2 aromatic carbocycles. The summed E-state index contributed by atoms with van der Waals surface area (Å²) in [6.07, 6.45) is 1.37. The first-order valence-corrected chi connectivity index (χ1v) is 7.97. The molecule has 1 atom stereocenters. The number of rotatable bonds is 3. The van der Waals surface area contributed by atoms with Crippen molar-refractivity contribution in [1.82, 2.24) is 4.90 Å². The molecule has 5 heteroatoms. The summed E-state index contributed by atoms with van der Waals surface area (Å²) in [5, 5.41) is 0. The van der Waals surface area contributed by atoms with E-state index in [0.29, 0.717) is 22.6 Å². The van der Waals surface area contributed by atoms with Gasteiger partial charge < -0.3 is 9.47 Å². The maximum Gasteiger partial charge on any atom is 0.261 e. The Balaban J connectivity index is 1.55. The maximum atomic E-state index is 12.5. The molecule has 1 unspecified atom stereocenters. The van der Waals surface area contributed by atoms with E-state index in [9.17, 15) is 9.59 Å². The van der Waals surface area contributed by atoms with E-state index in [1.807, 2.05) is 18.2 Å². The second-order valence-corrected chi connectivity index (χ2v) is 5.99. The molecule has 0 fully saturated rings. The lowest BCUT2D eigenvalue weighted by atomic mass is 10.0. The third-order valence-corrected chi connectivity index (χ3v) is 4.56. The summed E-state index contributed by atoms with van der Waals surface area (Å²) in [6.45, 7) is 0.254. The van der Waals surface area contributed by atoms with Crippen molar-refractivity contribution >= 4 is 11.8 Å². The zero-order chi connectivity index (χ0) is 16.7. The molecule has 0 saturated heterocycles. The van der Waals surface area contributed by atoms with Crippen molar-refractivity contribution in [2.75, 3.05) is 13.7 Å². The van der Waals surface area contributed by atoms with Crippen molar-refractivity contribution in [2.24, 2.45) is 0 Å². The van der Waals surface area contributed by atoms with Gasteiger partial charge in [0.15, 0.2) is 11.5 Å². The molecule has 0 bridgehead atoms. The summed E-state index contributed by atoms with van der Waals surface area (Å²) < 4.78 is 11.4. The minimum absolute atomic E-state index is 0.226. The van der Waals surface area contributed by atoms with E-state index in [4.69, 9.17) is 9.47 Å². The van der Waals surface area contributed by atoms with Gasteiger partial charge in [-0.2, -0.15) is 0 Å². The molecule has 24 heavy (non-hydrogen) atoms. The van der Waals surface area contributed by atoms with Crippen molar-refractivity contribution in [1.29, 1.82) is 0 Å². The van der Waals surface area contributed by atoms with E-state index in [1.54, 1.807) is 31.4 Å². The fraction of sp³-hybridized carbons (Fsp3) is 0.263. The zero-order valence-electron chi connectivity index (χ0n) is 13.3. The molecule has 122 valence electrons. The Morgan fingerprint density at radius 2 is 1.79 bits per heavy atom. The normalized spacial score (nSPS) is 18.9. The van der Waals surface area contributed by atoms with Gasteiger partial charge in [-0.05, 0) is 36.6 Å². The Morgan fingerprint density at radius 3 is 2.46 bits per heavy atom. The van der Waals surface area contributed by atoms with Crippen LogP contribution in [-0.4, -0.2) is 36.5 Å². The zero-order valence-corrected chi connectivity index (χ0v) is 13.3. The molecule has 0 radical (unpaired) electrons. The molecule has 2 aliphatic heterocycles. The van der Waals surface area contributed by atoms with E-state index in [0.717, 1.165) is 18.4 Å². The van der Waals surface area contributed by atoms with Crippen LogP contribution in [0.5, 0.6) is 11.5 Å². The molecular weight excluding hydrogens is 306 g/mol. The third kappa shape index (κ3) is 2.24. The van der Waals surface area contributed by atoms with Crippen LogP contribution in [0.15, 0.2) is 42.5 Å². The van der Waals surface area contributed by atoms with Crippen LogP contribution in [0.4, 0.5) is 0 Å². The van der Waals surface area contributed by atoms with Gasteiger partial charge >= 0.3 is 0 Å². The summed E-state index contributed by atoms with van der Waals surface area (Å²) in [5.74, 6) is 0.905. The number of imide groups is 1. The fourth-order valence-corrected chi connectivity index (χ4v) is 3.33. The van der Waals surface area contributed by atoms with Crippen LogP contribution < -0.4 is 9.47 Å². The van der Waals surface area contributed by atoms with Crippen molar-refractivity contribution in [3.8, 4) is 11.5 Å². The van der Waals surface area contributed by atoms with Gasteiger partial charge in [0.1, 0.15) is 6.10 Å². The van der Waals surface area contributed by atoms with E-state index < -0.39 is 0 Å². The molecule has 0 spiro atoms. The predicted octanol–water partition coefficient (Wildman–Crippen LogP) is 2.69. The van der Waals surface area contributed by atoms with Crippen molar-refractivity contribution in [3.63, 3.8) is 0 Å². The highest BCUT2D eigenvalue weighted by molar-refractivity contribution is 6.21. The molecule has 0 saturated carbocycles. The number of fused-ring (bicyclic) bond motifs is 2. The summed E-state index contributed by atoms with van der Waals surface area (Å²) in [7, 11) is 1.60. The van der Waals surface area contributed by atoms with Gasteiger partial charge in [-0.25, -0.2) is 0 Å². The molecule has 2 aliphatic rings. The molecule has 0 aromatic heterocycles. The van der Waals surface area contributed by atoms with Crippen LogP contribution in [0.1, 0.15) is 32.7 Å². The Labute approximate surface area is 139 Å². The van der Waals surface area contributed by atoms with Crippen LogP contribution in [0.3, 0.4) is 0 Å². The molecule has 4 rings (SSSR count). The first-order chi connectivity index (χ1) is 11.7. The lowest BCUT2D eigenvalue weighted by Gasteiger charge is -2.29. The molecular formula is C19H17NO4. The summed E-state index contributed by atoms with van der Waals surface area (Å²) in [5.41, 5.74) is 2.03. The summed E-state index contributed by atoms with van der Waals surface area (Å²) >= 11 is 0. The van der Waals surface area contributed by atoms with Crippen molar-refractivity contribution in [2.45, 2.75) is 18.9 Å². The third-order valence-electron chi connectivity index (χ3n) is 4.56. The van der Waals surface area contributed by atoms with E-state index in [-0.39, 0.29) is 24.5 Å². The first-order valence-electron chi connectivity index (χ1n) is 7.97. The van der Waals surface area contributed by atoms with Gasteiger partial charge in [0.25, 0.3) is 11.8 Å². The minimum atomic E-state index is -0.245. The highest BCUT2D eigenvalue weighted by atomic mass is 16.5. The van der Waals surface area contributed by atoms with Gasteiger partial charge in [-0.3, -0.25) is 14.5 Å². The average molecular weight is 323 g/mol. The molecule has 2 heterocycles. The number of ether oxygens (including phenoxy) is 2. The average Bonchev–Trinajstić information content (AvgIpc) is 2.86. The quantitative estimate of drug-likeness (QED) is 0.815. The Morgan fingerprint density at radius 1 is 1.08 bits per heavy atom. The summed E-state index contributed by atoms with van der Waals surface area (Å²) in [6, 6.07) is 12.7. The highest BCUT2D eigenvalue weighted by Crippen LogP contribution is 2.37. The molecule has 0 aliphatic carbocycles. The van der Waals surface area contributed by atoms with Crippen molar-refractivity contribution < 1.29 is 19.1 Å². The number of methoxy groups -OCH3 is 1. The summed E-state index contributed by atoms with van der Waals surface area (Å²) in [4.78, 5) is 26.2. The number of aryl methyl sites for hydroxylation is 1. The van der Waals surface area contributed by atoms with Crippen LogP contribution in [0.25, 0.3) is 0 Å². The van der Waals surface area contributed by atoms with E-state index in [2.05, 4.69) is 0 Å². The molecule has 0 N–H and O–H groups in total. The predicted molar refractivity (Wildman–Crippen MR) is 87.5 cm³/mol. The van der Waals surface area contributed by atoms with Gasteiger partial charge in [-0.15, -0.1) is 0 Å². The monoisotopic (exact) mass is 323 g/mol. The van der Waals surface area contributed by atoms with Crippen LogP contribution >= 0.6 is 0 Å². The fourth-order valence-electron chi connectivity index (χ4n) is 3.33. The van der Waals surface area contributed by atoms with Crippen LogP contribution in [0, 0.1) is 0 Å². The maximum absolute atomic E-state index is 12.5. The molecule has 2 aromatic rings. The van der Waals surface area contributed by atoms with E-state index >= 15 is 0 Å². The van der Waals surface area contributed by atoms with Gasteiger partial charge in [0.05, 0.1) is 24.8 Å². The first kappa shape index (κ1) is 14.8. The van der Waals surface area contributed by atoms with Crippen LogP contribution in [-0.2, 0) is 6.42 Å². The topological polar surface area (TPSA) is 55.8 Å². The van der Waals surface area contributed by atoms with Gasteiger partial charge in [-0.1, -0.05) is 24.3 Å². The largest absolute Gasteiger partial charge is 0.493 e. The lowest BCUT2D eigenvalue weighted by Crippen LogP contribution is -2.40. The van der Waals surface area contributed by atoms with Crippen LogP contribution in [0.2, 0.25) is 0 Å². The molecule has 2 amide bonds. The lowest BCUT2D eigenvalue weighted by molar-refractivity contribution is 0.0547. The number of amides is 2. The highest BCUT2D eigenvalue weighted by Gasteiger charge is 2.37. The van der Waals surface area contributed by atoms with E-state index in [1.165, 1.54) is 4.90 Å². The van der Waals surface area contributed by atoms with Gasteiger partial charge in [0, 0.05) is 0 Å². The number of carbonyl (C=O) groups excluding carboxylic acids is 2. The standard InChI is InChI=1S/C19H17NO4/c1-23-16-8-4-5-12-9-10-13(24-17(12)16)11-20-18(21)14-6-2-3-7-15(14)19(20)22/h2-8,13H,9-11H2,1H3. The smallest absolute Gasteiger partial charge is 0.261 e. The SMILES string of the molecule is COc1cccc2c1OC(CN1C(=O)c3ccccc3C1=O)CC2. The number of carbonyl (C=O) groups is 2. The Hall–Kier alpha value is -2.82. The minimum Gasteiger partial charge on any atom is -0.493 e. The number of benzene rings is 2. The number of nitrogens with zero attached hydrogens (tertiary/aromatic N) is 1. The number of hydrogen-bond acceptors (Lipinski definition) is 4. The number of para-hydroxylation sites is 1. The number of hydrogen-bond donors (Lipinski definition) is 0.